The predicted octanol–water partition coefficient (Wildman–Crippen LogP) is 3.26. The SMILES string of the molecule is Cn1cc(C(=O)NCc2nc3ccccc3s2)c(C(C)(C)C)n1. The van der Waals surface area contributed by atoms with E-state index in [-0.39, 0.29) is 11.3 Å². The predicted molar refractivity (Wildman–Crippen MR) is 92.7 cm³/mol. The van der Waals surface area contributed by atoms with Crippen molar-refractivity contribution in [3.05, 3.63) is 46.7 Å². The van der Waals surface area contributed by atoms with Gasteiger partial charge in [0.25, 0.3) is 5.91 Å². The summed E-state index contributed by atoms with van der Waals surface area (Å²) in [4.78, 5) is 17.1. The van der Waals surface area contributed by atoms with Gasteiger partial charge >= 0.3 is 0 Å². The highest BCUT2D eigenvalue weighted by Crippen LogP contribution is 2.25. The topological polar surface area (TPSA) is 59.8 Å². The second-order valence-electron chi connectivity index (χ2n) is 6.57. The molecule has 0 spiro atoms. The first-order chi connectivity index (χ1) is 10.8. The van der Waals surface area contributed by atoms with Gasteiger partial charge in [0.15, 0.2) is 0 Å². The molecule has 1 amide bonds. The lowest BCUT2D eigenvalue weighted by Crippen LogP contribution is -2.26. The smallest absolute Gasteiger partial charge is 0.255 e. The van der Waals surface area contributed by atoms with Crippen LogP contribution in [0, 0.1) is 0 Å². The van der Waals surface area contributed by atoms with Crippen LogP contribution in [0.1, 0.15) is 41.8 Å². The zero-order valence-corrected chi connectivity index (χ0v) is 14.6. The molecule has 0 aliphatic carbocycles. The molecule has 3 rings (SSSR count). The minimum Gasteiger partial charge on any atom is -0.345 e. The summed E-state index contributed by atoms with van der Waals surface area (Å²) in [5, 5.41) is 8.30. The normalized spacial score (nSPS) is 11.8. The van der Waals surface area contributed by atoms with Crippen molar-refractivity contribution in [3.8, 4) is 0 Å². The van der Waals surface area contributed by atoms with Gasteiger partial charge in [-0.2, -0.15) is 5.10 Å². The first-order valence-electron chi connectivity index (χ1n) is 7.51. The maximum absolute atomic E-state index is 12.5. The summed E-state index contributed by atoms with van der Waals surface area (Å²) in [6, 6.07) is 7.98. The number of rotatable bonds is 3. The zero-order chi connectivity index (χ0) is 16.6. The van der Waals surface area contributed by atoms with Crippen molar-refractivity contribution in [2.24, 2.45) is 7.05 Å². The van der Waals surface area contributed by atoms with Crippen molar-refractivity contribution < 1.29 is 4.79 Å². The van der Waals surface area contributed by atoms with Gasteiger partial charge in [-0.25, -0.2) is 4.98 Å². The molecule has 23 heavy (non-hydrogen) atoms. The Morgan fingerprint density at radius 1 is 1.30 bits per heavy atom. The molecule has 1 N–H and O–H groups in total. The fourth-order valence-electron chi connectivity index (χ4n) is 2.46. The van der Waals surface area contributed by atoms with Crippen LogP contribution in [-0.2, 0) is 19.0 Å². The highest BCUT2D eigenvalue weighted by molar-refractivity contribution is 7.18. The van der Waals surface area contributed by atoms with Gasteiger partial charge in [0.05, 0.1) is 28.0 Å². The van der Waals surface area contributed by atoms with Crippen LogP contribution >= 0.6 is 11.3 Å². The average molecular weight is 328 g/mol. The van der Waals surface area contributed by atoms with Crippen LogP contribution in [0.15, 0.2) is 30.5 Å². The van der Waals surface area contributed by atoms with Crippen LogP contribution in [0.3, 0.4) is 0 Å². The van der Waals surface area contributed by atoms with Crippen molar-refractivity contribution in [2.45, 2.75) is 32.7 Å². The average Bonchev–Trinajstić information content (AvgIpc) is 3.07. The molecule has 0 bridgehead atoms. The van der Waals surface area contributed by atoms with Gasteiger partial charge in [0, 0.05) is 18.7 Å². The zero-order valence-electron chi connectivity index (χ0n) is 13.8. The summed E-state index contributed by atoms with van der Waals surface area (Å²) in [5.74, 6) is -0.109. The molecule has 0 unspecified atom stereocenters. The number of nitrogens with zero attached hydrogens (tertiary/aromatic N) is 3. The number of aromatic nitrogens is 3. The van der Waals surface area contributed by atoms with Crippen LogP contribution in [0.2, 0.25) is 0 Å². The summed E-state index contributed by atoms with van der Waals surface area (Å²) >= 11 is 1.60. The summed E-state index contributed by atoms with van der Waals surface area (Å²) in [6.07, 6.45) is 1.77. The summed E-state index contributed by atoms with van der Waals surface area (Å²) in [7, 11) is 1.83. The number of para-hydroxylation sites is 1. The number of aryl methyl sites for hydroxylation is 1. The monoisotopic (exact) mass is 328 g/mol. The van der Waals surface area contributed by atoms with E-state index in [1.165, 1.54) is 0 Å². The fraction of sp³-hybridized carbons (Fsp3) is 0.353. The molecular weight excluding hydrogens is 308 g/mol. The van der Waals surface area contributed by atoms with Gasteiger partial charge in [-0.15, -0.1) is 11.3 Å². The minimum atomic E-state index is -0.177. The summed E-state index contributed by atoms with van der Waals surface area (Å²) < 4.78 is 2.82. The molecule has 2 heterocycles. The molecule has 0 atom stereocenters. The van der Waals surface area contributed by atoms with Crippen molar-refractivity contribution in [1.82, 2.24) is 20.1 Å². The third-order valence-corrected chi connectivity index (χ3v) is 4.56. The second kappa shape index (κ2) is 5.77. The Labute approximate surface area is 139 Å². The maximum atomic E-state index is 12.5. The molecule has 0 saturated carbocycles. The third kappa shape index (κ3) is 3.27. The van der Waals surface area contributed by atoms with Crippen molar-refractivity contribution in [2.75, 3.05) is 0 Å². The van der Waals surface area contributed by atoms with E-state index in [0.29, 0.717) is 12.1 Å². The van der Waals surface area contributed by atoms with E-state index in [0.717, 1.165) is 20.9 Å². The number of carbonyl (C=O) groups is 1. The quantitative estimate of drug-likeness (QED) is 0.803. The summed E-state index contributed by atoms with van der Waals surface area (Å²) in [6.45, 7) is 6.59. The lowest BCUT2D eigenvalue weighted by molar-refractivity contribution is 0.0948. The first-order valence-corrected chi connectivity index (χ1v) is 8.33. The number of hydrogen-bond acceptors (Lipinski definition) is 4. The van der Waals surface area contributed by atoms with Crippen LogP contribution in [0.5, 0.6) is 0 Å². The molecule has 6 heteroatoms. The largest absolute Gasteiger partial charge is 0.345 e. The Hall–Kier alpha value is -2.21. The van der Waals surface area contributed by atoms with E-state index in [9.17, 15) is 4.79 Å². The highest BCUT2D eigenvalue weighted by atomic mass is 32.1. The molecule has 120 valence electrons. The molecule has 0 fully saturated rings. The molecule has 1 aromatic carbocycles. The third-order valence-electron chi connectivity index (χ3n) is 3.52. The minimum absolute atomic E-state index is 0.109. The van der Waals surface area contributed by atoms with Crippen LogP contribution in [-0.4, -0.2) is 20.7 Å². The lowest BCUT2D eigenvalue weighted by atomic mass is 9.89. The molecule has 5 nitrogen and oxygen atoms in total. The van der Waals surface area contributed by atoms with Crippen LogP contribution in [0.25, 0.3) is 10.2 Å². The molecule has 2 aromatic heterocycles. The van der Waals surface area contributed by atoms with E-state index in [2.05, 4.69) is 36.2 Å². The number of benzene rings is 1. The molecule has 0 aliphatic rings. The molecule has 0 saturated heterocycles. The van der Waals surface area contributed by atoms with Gasteiger partial charge in [0.2, 0.25) is 0 Å². The number of fused-ring (bicyclic) bond motifs is 1. The summed E-state index contributed by atoms with van der Waals surface area (Å²) in [5.41, 5.74) is 2.23. The van der Waals surface area contributed by atoms with Crippen molar-refractivity contribution >= 4 is 27.5 Å². The Kier molecular flexibility index (Phi) is 3.93. The molecule has 0 aliphatic heterocycles. The van der Waals surface area contributed by atoms with E-state index < -0.39 is 0 Å². The number of hydrogen-bond donors (Lipinski definition) is 1. The lowest BCUT2D eigenvalue weighted by Gasteiger charge is -2.17. The fourth-order valence-corrected chi connectivity index (χ4v) is 3.36. The second-order valence-corrected chi connectivity index (χ2v) is 7.69. The Balaban J connectivity index is 1.77. The van der Waals surface area contributed by atoms with Gasteiger partial charge < -0.3 is 5.32 Å². The van der Waals surface area contributed by atoms with Crippen LogP contribution in [0.4, 0.5) is 0 Å². The van der Waals surface area contributed by atoms with E-state index >= 15 is 0 Å². The standard InChI is InChI=1S/C17H20N4OS/c1-17(2,3)15-11(10-21(4)20-15)16(22)18-9-14-19-12-7-5-6-8-13(12)23-14/h5-8,10H,9H2,1-4H3,(H,18,22). The number of thiazole rings is 1. The van der Waals surface area contributed by atoms with Gasteiger partial charge in [0.1, 0.15) is 5.01 Å². The molecular formula is C17H20N4OS. The molecule has 3 aromatic rings. The van der Waals surface area contributed by atoms with Gasteiger partial charge in [-0.1, -0.05) is 32.9 Å². The Morgan fingerprint density at radius 3 is 2.74 bits per heavy atom. The molecule has 0 radical (unpaired) electrons. The number of amides is 1. The Bertz CT molecular complexity index is 824. The van der Waals surface area contributed by atoms with Gasteiger partial charge in [-0.05, 0) is 12.1 Å². The highest BCUT2D eigenvalue weighted by Gasteiger charge is 2.25. The van der Waals surface area contributed by atoms with E-state index in [1.807, 2.05) is 31.3 Å². The van der Waals surface area contributed by atoms with Crippen LogP contribution < -0.4 is 5.32 Å². The van der Waals surface area contributed by atoms with Crippen molar-refractivity contribution in [1.29, 1.82) is 0 Å². The van der Waals surface area contributed by atoms with Gasteiger partial charge in [-0.3, -0.25) is 9.48 Å². The van der Waals surface area contributed by atoms with Crippen molar-refractivity contribution in [3.63, 3.8) is 0 Å². The van der Waals surface area contributed by atoms with E-state index in [4.69, 9.17) is 0 Å². The first kappa shape index (κ1) is 15.7. The maximum Gasteiger partial charge on any atom is 0.255 e. The number of nitrogens with one attached hydrogen (secondary N) is 1. The number of carbonyl (C=O) groups excluding carboxylic acids is 1. The van der Waals surface area contributed by atoms with E-state index in [1.54, 1.807) is 22.2 Å². The Morgan fingerprint density at radius 2 is 2.04 bits per heavy atom.